The Labute approximate surface area is 161 Å². The van der Waals surface area contributed by atoms with E-state index in [0.717, 1.165) is 51.1 Å². The Morgan fingerprint density at radius 3 is 2.70 bits per heavy atom. The molecule has 0 bridgehead atoms. The molecule has 2 aliphatic rings. The first-order chi connectivity index (χ1) is 13.3. The molecule has 142 valence electrons. The fourth-order valence-electron chi connectivity index (χ4n) is 4.42. The molecular weight excluding hydrogens is 336 g/mol. The Kier molecular flexibility index (Phi) is 5.48. The van der Waals surface area contributed by atoms with Gasteiger partial charge in [-0.2, -0.15) is 0 Å². The molecule has 4 rings (SSSR count). The van der Waals surface area contributed by atoms with Crippen LogP contribution in [0.25, 0.3) is 0 Å². The molecule has 1 unspecified atom stereocenters. The number of aromatic nitrogens is 2. The van der Waals surface area contributed by atoms with E-state index in [9.17, 15) is 4.79 Å². The highest BCUT2D eigenvalue weighted by molar-refractivity contribution is 5.95. The Morgan fingerprint density at radius 2 is 1.93 bits per heavy atom. The van der Waals surface area contributed by atoms with Crippen LogP contribution >= 0.6 is 0 Å². The van der Waals surface area contributed by atoms with E-state index >= 15 is 0 Å². The average molecular weight is 364 g/mol. The monoisotopic (exact) mass is 364 g/mol. The summed E-state index contributed by atoms with van der Waals surface area (Å²) >= 11 is 0. The molecule has 1 aliphatic heterocycles. The molecule has 0 N–H and O–H groups in total. The molecule has 0 radical (unpaired) electrons. The molecule has 1 aromatic heterocycles. The maximum absolute atomic E-state index is 13.0. The molecule has 2 aromatic rings. The number of nitrogens with zero attached hydrogens (tertiary/aromatic N) is 4. The van der Waals surface area contributed by atoms with Crippen LogP contribution in [0.15, 0.2) is 36.8 Å². The van der Waals surface area contributed by atoms with Gasteiger partial charge in [-0.25, -0.2) is 9.97 Å². The first-order valence-corrected chi connectivity index (χ1v) is 10.1. The predicted octanol–water partition coefficient (Wildman–Crippen LogP) is 2.74. The Hall–Kier alpha value is -2.27. The second kappa shape index (κ2) is 8.17. The van der Waals surface area contributed by atoms with Crippen molar-refractivity contribution < 1.29 is 4.79 Å². The van der Waals surface area contributed by atoms with Crippen LogP contribution in [-0.4, -0.2) is 57.9 Å². The predicted molar refractivity (Wildman–Crippen MR) is 106 cm³/mol. The van der Waals surface area contributed by atoms with Gasteiger partial charge in [-0.05, 0) is 36.8 Å². The summed E-state index contributed by atoms with van der Waals surface area (Å²) in [6, 6.07) is 9.43. The zero-order valence-corrected chi connectivity index (χ0v) is 16.1. The molecule has 1 fully saturated rings. The number of aryl methyl sites for hydroxylation is 2. The highest BCUT2D eigenvalue weighted by Crippen LogP contribution is 2.25. The minimum absolute atomic E-state index is 0.0905. The van der Waals surface area contributed by atoms with E-state index in [0.29, 0.717) is 11.6 Å². The van der Waals surface area contributed by atoms with Crippen molar-refractivity contribution in [2.45, 2.75) is 45.1 Å². The summed E-state index contributed by atoms with van der Waals surface area (Å²) in [7, 11) is 0. The van der Waals surface area contributed by atoms with Crippen LogP contribution < -0.4 is 0 Å². The van der Waals surface area contributed by atoms with E-state index in [1.807, 2.05) is 4.90 Å². The lowest BCUT2D eigenvalue weighted by molar-refractivity contribution is 0.0551. The van der Waals surface area contributed by atoms with Gasteiger partial charge in [-0.1, -0.05) is 37.6 Å². The van der Waals surface area contributed by atoms with Crippen molar-refractivity contribution in [1.29, 1.82) is 0 Å². The van der Waals surface area contributed by atoms with Crippen LogP contribution in [0.2, 0.25) is 0 Å². The summed E-state index contributed by atoms with van der Waals surface area (Å²) in [6.07, 6.45) is 8.56. The van der Waals surface area contributed by atoms with E-state index in [4.69, 9.17) is 0 Å². The van der Waals surface area contributed by atoms with Crippen molar-refractivity contribution in [3.05, 3.63) is 59.2 Å². The van der Waals surface area contributed by atoms with Crippen molar-refractivity contribution in [3.63, 3.8) is 0 Å². The van der Waals surface area contributed by atoms with Crippen molar-refractivity contribution in [2.75, 3.05) is 26.2 Å². The number of amides is 1. The van der Waals surface area contributed by atoms with Crippen LogP contribution in [0.4, 0.5) is 0 Å². The standard InChI is InChI=1S/C22H28N4O/c1-2-5-21-20(15-23-16-24-21)22(27)26-12-10-25(11-13-26)19-9-8-17-6-3-4-7-18(17)14-19/h3-4,6-7,15-16,19H,2,5,8-14H2,1H3. The summed E-state index contributed by atoms with van der Waals surface area (Å²) in [6.45, 7) is 5.59. The van der Waals surface area contributed by atoms with E-state index in [2.05, 4.69) is 46.1 Å². The fraction of sp³-hybridized carbons (Fsp3) is 0.500. The lowest BCUT2D eigenvalue weighted by Gasteiger charge is -2.41. The number of piperazine rings is 1. The quantitative estimate of drug-likeness (QED) is 0.837. The van der Waals surface area contributed by atoms with Crippen molar-refractivity contribution in [3.8, 4) is 0 Å². The van der Waals surface area contributed by atoms with Gasteiger partial charge in [-0.3, -0.25) is 9.69 Å². The lowest BCUT2D eigenvalue weighted by Crippen LogP contribution is -2.53. The molecule has 0 saturated carbocycles. The number of carbonyl (C=O) groups is 1. The number of carbonyl (C=O) groups excluding carboxylic acids is 1. The largest absolute Gasteiger partial charge is 0.336 e. The van der Waals surface area contributed by atoms with Gasteiger partial charge in [0.05, 0.1) is 11.3 Å². The molecule has 0 spiro atoms. The van der Waals surface area contributed by atoms with Crippen molar-refractivity contribution in [2.24, 2.45) is 0 Å². The second-order valence-electron chi connectivity index (χ2n) is 7.63. The summed E-state index contributed by atoms with van der Waals surface area (Å²) in [5, 5.41) is 0. The third-order valence-electron chi connectivity index (χ3n) is 5.95. The molecular formula is C22H28N4O. The number of benzene rings is 1. The fourth-order valence-corrected chi connectivity index (χ4v) is 4.42. The van der Waals surface area contributed by atoms with Crippen LogP contribution in [0, 0.1) is 0 Å². The summed E-state index contributed by atoms with van der Waals surface area (Å²) < 4.78 is 0. The molecule has 1 aromatic carbocycles. The van der Waals surface area contributed by atoms with E-state index in [1.165, 1.54) is 24.0 Å². The minimum Gasteiger partial charge on any atom is -0.336 e. The van der Waals surface area contributed by atoms with E-state index in [1.54, 1.807) is 12.5 Å². The second-order valence-corrected chi connectivity index (χ2v) is 7.63. The smallest absolute Gasteiger partial charge is 0.257 e. The highest BCUT2D eigenvalue weighted by atomic mass is 16.2. The SMILES string of the molecule is CCCc1ncncc1C(=O)N1CCN(C2CCc3ccccc3C2)CC1. The zero-order valence-electron chi connectivity index (χ0n) is 16.1. The van der Waals surface area contributed by atoms with E-state index in [-0.39, 0.29) is 5.91 Å². The van der Waals surface area contributed by atoms with Gasteiger partial charge in [0.2, 0.25) is 0 Å². The number of hydrogen-bond donors (Lipinski definition) is 0. The minimum atomic E-state index is 0.0905. The first-order valence-electron chi connectivity index (χ1n) is 10.1. The number of fused-ring (bicyclic) bond motifs is 1. The molecule has 1 aliphatic carbocycles. The summed E-state index contributed by atoms with van der Waals surface area (Å²) in [5.74, 6) is 0.0905. The normalized spacial score (nSPS) is 20.3. The lowest BCUT2D eigenvalue weighted by atomic mass is 9.87. The summed E-state index contributed by atoms with van der Waals surface area (Å²) in [5.41, 5.74) is 4.57. The Bertz CT molecular complexity index is 798. The van der Waals surface area contributed by atoms with Gasteiger partial charge in [-0.15, -0.1) is 0 Å². The van der Waals surface area contributed by atoms with Crippen LogP contribution in [0.5, 0.6) is 0 Å². The Balaban J connectivity index is 1.38. The van der Waals surface area contributed by atoms with Gasteiger partial charge < -0.3 is 4.90 Å². The van der Waals surface area contributed by atoms with Gasteiger partial charge in [0.1, 0.15) is 6.33 Å². The molecule has 1 saturated heterocycles. The first kappa shape index (κ1) is 18.1. The summed E-state index contributed by atoms with van der Waals surface area (Å²) in [4.78, 5) is 25.9. The Morgan fingerprint density at radius 1 is 1.15 bits per heavy atom. The number of hydrogen-bond acceptors (Lipinski definition) is 4. The molecule has 5 heteroatoms. The van der Waals surface area contributed by atoms with Gasteiger partial charge >= 0.3 is 0 Å². The maximum Gasteiger partial charge on any atom is 0.257 e. The van der Waals surface area contributed by atoms with Gasteiger partial charge in [0.15, 0.2) is 0 Å². The molecule has 2 heterocycles. The zero-order chi connectivity index (χ0) is 18.6. The third kappa shape index (κ3) is 3.88. The topological polar surface area (TPSA) is 49.3 Å². The van der Waals surface area contributed by atoms with Crippen LogP contribution in [0.1, 0.15) is 46.9 Å². The van der Waals surface area contributed by atoms with Gasteiger partial charge in [0, 0.05) is 38.4 Å². The van der Waals surface area contributed by atoms with Crippen molar-refractivity contribution >= 4 is 5.91 Å². The molecule has 1 atom stereocenters. The van der Waals surface area contributed by atoms with Crippen molar-refractivity contribution in [1.82, 2.24) is 19.8 Å². The molecule has 1 amide bonds. The third-order valence-corrected chi connectivity index (χ3v) is 5.95. The number of rotatable bonds is 4. The van der Waals surface area contributed by atoms with Crippen LogP contribution in [-0.2, 0) is 19.3 Å². The molecule has 5 nitrogen and oxygen atoms in total. The maximum atomic E-state index is 13.0. The average Bonchev–Trinajstić information content (AvgIpc) is 2.74. The van der Waals surface area contributed by atoms with E-state index < -0.39 is 0 Å². The molecule has 27 heavy (non-hydrogen) atoms. The van der Waals surface area contributed by atoms with Gasteiger partial charge in [0.25, 0.3) is 5.91 Å². The highest BCUT2D eigenvalue weighted by Gasteiger charge is 2.29. The van der Waals surface area contributed by atoms with Crippen LogP contribution in [0.3, 0.4) is 0 Å².